The van der Waals surface area contributed by atoms with Gasteiger partial charge in [0.25, 0.3) is 5.91 Å². The second-order valence-corrected chi connectivity index (χ2v) is 9.74. The summed E-state index contributed by atoms with van der Waals surface area (Å²) in [6.07, 6.45) is 6.56. The molecule has 0 aliphatic heterocycles. The van der Waals surface area contributed by atoms with Crippen LogP contribution >= 0.6 is 11.8 Å². The van der Waals surface area contributed by atoms with Gasteiger partial charge in [-0.15, -0.1) is 0 Å². The Morgan fingerprint density at radius 3 is 2.53 bits per heavy atom. The van der Waals surface area contributed by atoms with Crippen LogP contribution in [0.25, 0.3) is 0 Å². The standard InChI is InChI=1S/C19H27N3O6S2/c1-4-5-12-28-14-6-8-15(9-7-14)30(26,27)13-19(24,18(23)21-25)16(29-3)17-20-10-11-22(17)2/h6-11,16,24-25H,4-5,12-13H2,1-3H3,(H,21,23). The van der Waals surface area contributed by atoms with Crippen LogP contribution in [0.5, 0.6) is 5.75 Å². The maximum atomic E-state index is 13.0. The zero-order chi connectivity index (χ0) is 22.4. The number of benzene rings is 1. The van der Waals surface area contributed by atoms with Crippen LogP contribution in [-0.2, 0) is 21.7 Å². The molecule has 2 aromatic rings. The average Bonchev–Trinajstić information content (AvgIpc) is 3.13. The molecular weight excluding hydrogens is 430 g/mol. The average molecular weight is 458 g/mol. The lowest BCUT2D eigenvalue weighted by Gasteiger charge is -2.32. The number of thioether (sulfide) groups is 1. The van der Waals surface area contributed by atoms with Crippen molar-refractivity contribution in [3.8, 4) is 5.75 Å². The molecule has 11 heteroatoms. The summed E-state index contributed by atoms with van der Waals surface area (Å²) in [7, 11) is -2.44. The van der Waals surface area contributed by atoms with Gasteiger partial charge >= 0.3 is 0 Å². The van der Waals surface area contributed by atoms with Crippen molar-refractivity contribution in [1.29, 1.82) is 0 Å². The predicted molar refractivity (Wildman–Crippen MR) is 113 cm³/mol. The molecular formula is C19H27N3O6S2. The summed E-state index contributed by atoms with van der Waals surface area (Å²) in [4.78, 5) is 16.5. The highest BCUT2D eigenvalue weighted by molar-refractivity contribution is 7.99. The number of ether oxygens (including phenoxy) is 1. The van der Waals surface area contributed by atoms with Crippen molar-refractivity contribution >= 4 is 27.5 Å². The summed E-state index contributed by atoms with van der Waals surface area (Å²) in [5.74, 6) is -1.35. The van der Waals surface area contributed by atoms with E-state index in [0.717, 1.165) is 24.6 Å². The maximum absolute atomic E-state index is 13.0. The Bertz CT molecular complexity index is 945. The number of hydroxylamine groups is 1. The number of carbonyl (C=O) groups excluding carboxylic acids is 1. The molecule has 9 nitrogen and oxygen atoms in total. The highest BCUT2D eigenvalue weighted by Gasteiger charge is 2.50. The first-order valence-electron chi connectivity index (χ1n) is 9.32. The molecule has 30 heavy (non-hydrogen) atoms. The zero-order valence-electron chi connectivity index (χ0n) is 17.1. The van der Waals surface area contributed by atoms with Gasteiger partial charge in [-0.05, 0) is 36.9 Å². The highest BCUT2D eigenvalue weighted by Crippen LogP contribution is 2.38. The number of aryl methyl sites for hydroxylation is 1. The molecule has 0 saturated carbocycles. The minimum absolute atomic E-state index is 0.0748. The highest BCUT2D eigenvalue weighted by atomic mass is 32.2. The molecule has 0 radical (unpaired) electrons. The molecule has 3 N–H and O–H groups in total. The summed E-state index contributed by atoms with van der Waals surface area (Å²) in [6.45, 7) is 2.56. The normalized spacial score (nSPS) is 14.7. The lowest BCUT2D eigenvalue weighted by molar-refractivity contribution is -0.146. The molecule has 0 fully saturated rings. The number of amides is 1. The zero-order valence-corrected chi connectivity index (χ0v) is 18.7. The molecule has 0 bridgehead atoms. The van der Waals surface area contributed by atoms with Gasteiger partial charge in [0.15, 0.2) is 15.4 Å². The number of nitrogens with one attached hydrogen (secondary N) is 1. The monoisotopic (exact) mass is 457 g/mol. The molecule has 1 heterocycles. The predicted octanol–water partition coefficient (Wildman–Crippen LogP) is 1.71. The smallest absolute Gasteiger partial charge is 0.277 e. The molecule has 0 aliphatic carbocycles. The summed E-state index contributed by atoms with van der Waals surface area (Å²) < 4.78 is 33.1. The number of hydrogen-bond donors (Lipinski definition) is 3. The Morgan fingerprint density at radius 1 is 1.37 bits per heavy atom. The van der Waals surface area contributed by atoms with Gasteiger partial charge in [-0.1, -0.05) is 13.3 Å². The van der Waals surface area contributed by atoms with Crippen LogP contribution in [-0.4, -0.2) is 58.4 Å². The Morgan fingerprint density at radius 2 is 2.03 bits per heavy atom. The topological polar surface area (TPSA) is 131 Å². The van der Waals surface area contributed by atoms with E-state index in [1.165, 1.54) is 35.9 Å². The van der Waals surface area contributed by atoms with E-state index < -0.39 is 32.3 Å². The van der Waals surface area contributed by atoms with Crippen LogP contribution in [0.3, 0.4) is 0 Å². The maximum Gasteiger partial charge on any atom is 0.277 e. The van der Waals surface area contributed by atoms with E-state index in [0.29, 0.717) is 18.2 Å². The number of aliphatic hydroxyl groups is 1. The molecule has 2 rings (SSSR count). The van der Waals surface area contributed by atoms with E-state index in [2.05, 4.69) is 4.98 Å². The second kappa shape index (κ2) is 10.3. The van der Waals surface area contributed by atoms with Crippen LogP contribution in [0, 0.1) is 0 Å². The fourth-order valence-corrected chi connectivity index (χ4v) is 5.67. The largest absolute Gasteiger partial charge is 0.494 e. The van der Waals surface area contributed by atoms with Gasteiger partial charge in [-0.25, -0.2) is 18.9 Å². The Hall–Kier alpha value is -2.08. The van der Waals surface area contributed by atoms with Crippen LogP contribution in [0.15, 0.2) is 41.6 Å². The van der Waals surface area contributed by atoms with E-state index in [1.807, 2.05) is 6.92 Å². The van der Waals surface area contributed by atoms with E-state index in [-0.39, 0.29) is 4.90 Å². The molecule has 2 unspecified atom stereocenters. The number of nitrogens with zero attached hydrogens (tertiary/aromatic N) is 2. The summed E-state index contributed by atoms with van der Waals surface area (Å²) in [5, 5.41) is 19.3. The number of unbranched alkanes of at least 4 members (excludes halogenated alkanes) is 1. The van der Waals surface area contributed by atoms with Crippen molar-refractivity contribution in [3.63, 3.8) is 0 Å². The van der Waals surface area contributed by atoms with Gasteiger partial charge in [-0.3, -0.25) is 10.0 Å². The number of sulfone groups is 1. The van der Waals surface area contributed by atoms with Crippen LogP contribution in [0.2, 0.25) is 0 Å². The van der Waals surface area contributed by atoms with Gasteiger partial charge in [-0.2, -0.15) is 11.8 Å². The summed E-state index contributed by atoms with van der Waals surface area (Å²) in [6, 6.07) is 5.78. The quantitative estimate of drug-likeness (QED) is 0.264. The SMILES string of the molecule is CCCCOc1ccc(S(=O)(=O)CC(O)(C(=O)NO)C(SC)c2nccn2C)cc1. The molecule has 166 valence electrons. The third kappa shape index (κ3) is 5.34. The van der Waals surface area contributed by atoms with E-state index in [9.17, 15) is 23.5 Å². The van der Waals surface area contributed by atoms with Crippen molar-refractivity contribution in [1.82, 2.24) is 15.0 Å². The Labute approximate surface area is 180 Å². The fourth-order valence-electron chi connectivity index (χ4n) is 2.95. The molecule has 0 spiro atoms. The molecule has 1 aromatic carbocycles. The van der Waals surface area contributed by atoms with Crippen molar-refractivity contribution in [3.05, 3.63) is 42.5 Å². The number of imidazole rings is 1. The van der Waals surface area contributed by atoms with Gasteiger partial charge < -0.3 is 14.4 Å². The van der Waals surface area contributed by atoms with Crippen molar-refractivity contribution < 1.29 is 28.3 Å². The van der Waals surface area contributed by atoms with E-state index in [4.69, 9.17) is 4.74 Å². The Balaban J connectivity index is 2.35. The minimum Gasteiger partial charge on any atom is -0.494 e. The number of carbonyl (C=O) groups is 1. The van der Waals surface area contributed by atoms with Crippen LogP contribution < -0.4 is 10.2 Å². The third-order valence-electron chi connectivity index (χ3n) is 4.62. The van der Waals surface area contributed by atoms with Gasteiger partial charge in [0, 0.05) is 19.4 Å². The minimum atomic E-state index is -4.10. The molecule has 0 aliphatic rings. The first-order chi connectivity index (χ1) is 14.2. The molecule has 0 saturated heterocycles. The molecule has 1 aromatic heterocycles. The van der Waals surface area contributed by atoms with E-state index in [1.54, 1.807) is 24.1 Å². The third-order valence-corrected chi connectivity index (χ3v) is 7.50. The second-order valence-electron chi connectivity index (χ2n) is 6.81. The first kappa shape index (κ1) is 24.2. The van der Waals surface area contributed by atoms with Gasteiger partial charge in [0.2, 0.25) is 0 Å². The van der Waals surface area contributed by atoms with Crippen LogP contribution in [0.1, 0.15) is 30.8 Å². The van der Waals surface area contributed by atoms with Crippen molar-refractivity contribution in [2.45, 2.75) is 35.5 Å². The lowest BCUT2D eigenvalue weighted by atomic mass is 10.00. The first-order valence-corrected chi connectivity index (χ1v) is 12.3. The number of hydrogen-bond acceptors (Lipinski definition) is 8. The Kier molecular flexibility index (Phi) is 8.30. The number of aromatic nitrogens is 2. The molecule has 1 amide bonds. The van der Waals surface area contributed by atoms with Crippen LogP contribution in [0.4, 0.5) is 0 Å². The lowest BCUT2D eigenvalue weighted by Crippen LogP contribution is -2.54. The molecule has 2 atom stereocenters. The number of rotatable bonds is 11. The summed E-state index contributed by atoms with van der Waals surface area (Å²) >= 11 is 1.05. The summed E-state index contributed by atoms with van der Waals surface area (Å²) in [5.41, 5.74) is -1.08. The van der Waals surface area contributed by atoms with Crippen molar-refractivity contribution in [2.75, 3.05) is 18.6 Å². The van der Waals surface area contributed by atoms with Crippen molar-refractivity contribution in [2.24, 2.45) is 7.05 Å². The van der Waals surface area contributed by atoms with Gasteiger partial charge in [0.05, 0.1) is 17.3 Å². The van der Waals surface area contributed by atoms with E-state index >= 15 is 0 Å². The fraction of sp³-hybridized carbons (Fsp3) is 0.474. The van der Waals surface area contributed by atoms with Gasteiger partial charge in [0.1, 0.15) is 16.8 Å².